The molecule has 0 nitrogen and oxygen atoms in total. The predicted molar refractivity (Wildman–Crippen MR) is 57.2 cm³/mol. The lowest BCUT2D eigenvalue weighted by atomic mass is 10.1. The van der Waals surface area contributed by atoms with Crippen LogP contribution >= 0.6 is 0 Å². The van der Waals surface area contributed by atoms with Crippen molar-refractivity contribution in [2.75, 3.05) is 0 Å². The maximum atomic E-state index is 13.0. The van der Waals surface area contributed by atoms with Crippen LogP contribution in [0.5, 0.6) is 0 Å². The van der Waals surface area contributed by atoms with Crippen LogP contribution in [0.25, 0.3) is 6.08 Å². The summed E-state index contributed by atoms with van der Waals surface area (Å²) in [4.78, 5) is 0. The van der Waals surface area contributed by atoms with E-state index in [1.54, 1.807) is 12.1 Å². The fraction of sp³-hybridized carbons (Fsp3) is 0.333. The van der Waals surface area contributed by atoms with Gasteiger partial charge in [0.1, 0.15) is 5.82 Å². The Morgan fingerprint density at radius 1 is 1.23 bits per heavy atom. The Hall–Kier alpha value is -1.11. The van der Waals surface area contributed by atoms with Crippen molar-refractivity contribution in [1.29, 1.82) is 0 Å². The van der Waals surface area contributed by atoms with Crippen molar-refractivity contribution in [3.63, 3.8) is 0 Å². The van der Waals surface area contributed by atoms with Crippen LogP contribution in [0.15, 0.2) is 24.3 Å². The highest BCUT2D eigenvalue weighted by Crippen LogP contribution is 2.10. The van der Waals surface area contributed by atoms with Crippen LogP contribution in [-0.2, 0) is 0 Å². The molecular formula is C12H17F. The third-order valence-electron chi connectivity index (χ3n) is 1.50. The summed E-state index contributed by atoms with van der Waals surface area (Å²) in [5.41, 5.74) is 1.61. The molecule has 0 unspecified atom stereocenters. The minimum Gasteiger partial charge on any atom is -0.206 e. The van der Waals surface area contributed by atoms with E-state index in [1.807, 2.05) is 39.8 Å². The van der Waals surface area contributed by atoms with E-state index in [9.17, 15) is 4.39 Å². The zero-order chi connectivity index (χ0) is 10.3. The molecular weight excluding hydrogens is 163 g/mol. The highest BCUT2D eigenvalue weighted by molar-refractivity contribution is 5.50. The molecule has 0 fully saturated rings. The number of aryl methyl sites for hydroxylation is 1. The van der Waals surface area contributed by atoms with Gasteiger partial charge in [-0.1, -0.05) is 38.1 Å². The standard InChI is InChI=1S/C10H11F.C2H6/c1-3-4-9-6-5-8(2)7-10(9)11;1-2/h3-7H,1-2H3;1-2H3/b4-3+;. The molecule has 0 aromatic heterocycles. The topological polar surface area (TPSA) is 0 Å². The maximum Gasteiger partial charge on any atom is 0.130 e. The lowest BCUT2D eigenvalue weighted by Gasteiger charge is -1.96. The first-order valence-corrected chi connectivity index (χ1v) is 4.63. The Morgan fingerprint density at radius 3 is 2.31 bits per heavy atom. The molecule has 0 spiro atoms. The van der Waals surface area contributed by atoms with Crippen molar-refractivity contribution in [1.82, 2.24) is 0 Å². The minimum atomic E-state index is -0.150. The predicted octanol–water partition coefficient (Wildman–Crippen LogP) is 4.19. The number of rotatable bonds is 1. The molecule has 0 aliphatic heterocycles. The van der Waals surface area contributed by atoms with E-state index in [2.05, 4.69) is 0 Å². The Balaban J connectivity index is 0.000000671. The van der Waals surface area contributed by atoms with Gasteiger partial charge in [0.2, 0.25) is 0 Å². The molecule has 0 saturated carbocycles. The minimum absolute atomic E-state index is 0.150. The van der Waals surface area contributed by atoms with E-state index >= 15 is 0 Å². The molecule has 1 aromatic carbocycles. The third kappa shape index (κ3) is 3.88. The van der Waals surface area contributed by atoms with E-state index in [0.717, 1.165) is 5.56 Å². The monoisotopic (exact) mass is 180 g/mol. The molecule has 1 aromatic rings. The van der Waals surface area contributed by atoms with Gasteiger partial charge in [-0.2, -0.15) is 0 Å². The number of hydrogen-bond donors (Lipinski definition) is 0. The van der Waals surface area contributed by atoms with E-state index in [0.29, 0.717) is 5.56 Å². The van der Waals surface area contributed by atoms with Crippen LogP contribution < -0.4 is 0 Å². The average molecular weight is 180 g/mol. The van der Waals surface area contributed by atoms with Gasteiger partial charge in [0.25, 0.3) is 0 Å². The molecule has 0 aliphatic rings. The first-order valence-electron chi connectivity index (χ1n) is 4.63. The largest absolute Gasteiger partial charge is 0.206 e. The van der Waals surface area contributed by atoms with Gasteiger partial charge in [-0.25, -0.2) is 4.39 Å². The normalized spacial score (nSPS) is 9.62. The van der Waals surface area contributed by atoms with Crippen LogP contribution in [0.4, 0.5) is 4.39 Å². The molecule has 0 amide bonds. The van der Waals surface area contributed by atoms with Gasteiger partial charge in [0.15, 0.2) is 0 Å². The molecule has 72 valence electrons. The summed E-state index contributed by atoms with van der Waals surface area (Å²) in [6, 6.07) is 5.22. The summed E-state index contributed by atoms with van der Waals surface area (Å²) < 4.78 is 13.0. The Morgan fingerprint density at radius 2 is 1.85 bits per heavy atom. The van der Waals surface area contributed by atoms with Crippen LogP contribution in [0, 0.1) is 12.7 Å². The summed E-state index contributed by atoms with van der Waals surface area (Å²) in [5, 5.41) is 0. The lowest BCUT2D eigenvalue weighted by molar-refractivity contribution is 0.624. The summed E-state index contributed by atoms with van der Waals surface area (Å²) in [5.74, 6) is -0.150. The van der Waals surface area contributed by atoms with Crippen molar-refractivity contribution in [3.8, 4) is 0 Å². The summed E-state index contributed by atoms with van der Waals surface area (Å²) >= 11 is 0. The molecule has 0 aliphatic carbocycles. The first kappa shape index (κ1) is 11.9. The molecule has 1 rings (SSSR count). The van der Waals surface area contributed by atoms with Gasteiger partial charge in [0.05, 0.1) is 0 Å². The number of halogens is 1. The number of hydrogen-bond acceptors (Lipinski definition) is 0. The Bertz CT molecular complexity index is 274. The smallest absolute Gasteiger partial charge is 0.130 e. The van der Waals surface area contributed by atoms with E-state index in [1.165, 1.54) is 6.07 Å². The Labute approximate surface area is 80.1 Å². The molecule has 0 bridgehead atoms. The molecule has 0 radical (unpaired) electrons. The van der Waals surface area contributed by atoms with E-state index in [4.69, 9.17) is 0 Å². The molecule has 0 N–H and O–H groups in total. The second-order valence-corrected chi connectivity index (χ2v) is 2.52. The van der Waals surface area contributed by atoms with Crippen LogP contribution in [-0.4, -0.2) is 0 Å². The van der Waals surface area contributed by atoms with Crippen molar-refractivity contribution in [2.45, 2.75) is 27.7 Å². The average Bonchev–Trinajstić information content (AvgIpc) is 2.14. The van der Waals surface area contributed by atoms with E-state index in [-0.39, 0.29) is 5.82 Å². The second kappa shape index (κ2) is 6.41. The van der Waals surface area contributed by atoms with Crippen LogP contribution in [0.3, 0.4) is 0 Å². The summed E-state index contributed by atoms with van der Waals surface area (Å²) in [7, 11) is 0. The maximum absolute atomic E-state index is 13.0. The summed E-state index contributed by atoms with van der Waals surface area (Å²) in [6.07, 6.45) is 3.59. The zero-order valence-electron chi connectivity index (χ0n) is 8.76. The molecule has 13 heavy (non-hydrogen) atoms. The number of benzene rings is 1. The highest BCUT2D eigenvalue weighted by Gasteiger charge is 1.96. The first-order chi connectivity index (χ1) is 6.24. The fourth-order valence-corrected chi connectivity index (χ4v) is 0.947. The quantitative estimate of drug-likeness (QED) is 0.607. The molecule has 0 heterocycles. The van der Waals surface area contributed by atoms with Gasteiger partial charge >= 0.3 is 0 Å². The SMILES string of the molecule is C/C=C/c1ccc(C)cc1F.CC. The highest BCUT2D eigenvalue weighted by atomic mass is 19.1. The van der Waals surface area contributed by atoms with Crippen molar-refractivity contribution < 1.29 is 4.39 Å². The summed E-state index contributed by atoms with van der Waals surface area (Å²) in [6.45, 7) is 7.75. The Kier molecular flexibility index (Phi) is 5.86. The number of allylic oxidation sites excluding steroid dienone is 1. The fourth-order valence-electron chi connectivity index (χ4n) is 0.947. The van der Waals surface area contributed by atoms with E-state index < -0.39 is 0 Å². The van der Waals surface area contributed by atoms with Gasteiger partial charge in [-0.3, -0.25) is 0 Å². The third-order valence-corrected chi connectivity index (χ3v) is 1.50. The van der Waals surface area contributed by atoms with Gasteiger partial charge < -0.3 is 0 Å². The second-order valence-electron chi connectivity index (χ2n) is 2.52. The van der Waals surface area contributed by atoms with Gasteiger partial charge in [0, 0.05) is 5.56 Å². The zero-order valence-corrected chi connectivity index (χ0v) is 8.76. The molecule has 0 saturated heterocycles. The molecule has 0 atom stereocenters. The van der Waals surface area contributed by atoms with Crippen molar-refractivity contribution in [3.05, 3.63) is 41.2 Å². The molecule has 1 heteroatoms. The lowest BCUT2D eigenvalue weighted by Crippen LogP contribution is -1.82. The van der Waals surface area contributed by atoms with Crippen LogP contribution in [0.2, 0.25) is 0 Å². The van der Waals surface area contributed by atoms with Crippen molar-refractivity contribution >= 4 is 6.08 Å². The van der Waals surface area contributed by atoms with Gasteiger partial charge in [-0.15, -0.1) is 0 Å². The van der Waals surface area contributed by atoms with Crippen molar-refractivity contribution in [2.24, 2.45) is 0 Å². The van der Waals surface area contributed by atoms with Gasteiger partial charge in [-0.05, 0) is 25.5 Å². The van der Waals surface area contributed by atoms with Crippen LogP contribution in [0.1, 0.15) is 31.9 Å².